The quantitative estimate of drug-likeness (QED) is 0.224. The van der Waals surface area contributed by atoms with Crippen molar-refractivity contribution < 1.29 is 14.7 Å². The van der Waals surface area contributed by atoms with Gasteiger partial charge < -0.3 is 10.4 Å². The molecule has 2 N–H and O–H groups in total. The molecule has 0 bridgehead atoms. The van der Waals surface area contributed by atoms with Crippen molar-refractivity contribution in [1.82, 2.24) is 5.32 Å². The van der Waals surface area contributed by atoms with E-state index in [0.717, 1.165) is 27.8 Å². The van der Waals surface area contributed by atoms with Gasteiger partial charge in [-0.3, -0.25) is 4.79 Å². The summed E-state index contributed by atoms with van der Waals surface area (Å²) in [5, 5.41) is 13.6. The van der Waals surface area contributed by atoms with Gasteiger partial charge in [-0.1, -0.05) is 152 Å². The SMILES string of the molecule is O=C(O)[C@H](NC(=O)C(c1ccccc1)(c1ccccc1)c1ccccc1)C(c1ccccc1)c1ccccc1. The summed E-state index contributed by atoms with van der Waals surface area (Å²) in [5.74, 6) is -2.12. The fourth-order valence-electron chi connectivity index (χ4n) is 5.39. The Morgan fingerprint density at radius 2 is 0.821 bits per heavy atom. The molecule has 0 radical (unpaired) electrons. The van der Waals surface area contributed by atoms with Gasteiger partial charge in [-0.25, -0.2) is 4.79 Å². The van der Waals surface area contributed by atoms with Crippen molar-refractivity contribution in [3.8, 4) is 0 Å². The molecule has 1 amide bonds. The fraction of sp³-hybridized carbons (Fsp3) is 0.0857. The van der Waals surface area contributed by atoms with Crippen LogP contribution in [0.4, 0.5) is 0 Å². The number of carboxylic acid groups (broad SMARTS) is 1. The Morgan fingerprint density at radius 1 is 0.513 bits per heavy atom. The Kier molecular flexibility index (Phi) is 7.65. The summed E-state index contributed by atoms with van der Waals surface area (Å²) in [7, 11) is 0. The molecule has 0 saturated carbocycles. The van der Waals surface area contributed by atoms with Gasteiger partial charge in [0.25, 0.3) is 0 Å². The van der Waals surface area contributed by atoms with E-state index in [9.17, 15) is 14.7 Å². The van der Waals surface area contributed by atoms with Crippen LogP contribution in [0.2, 0.25) is 0 Å². The van der Waals surface area contributed by atoms with E-state index >= 15 is 0 Å². The molecule has 0 saturated heterocycles. The van der Waals surface area contributed by atoms with Gasteiger partial charge in [0.05, 0.1) is 0 Å². The van der Waals surface area contributed by atoms with Gasteiger partial charge in [-0.05, 0) is 27.8 Å². The van der Waals surface area contributed by atoms with Crippen molar-refractivity contribution in [3.63, 3.8) is 0 Å². The maximum atomic E-state index is 14.8. The molecule has 39 heavy (non-hydrogen) atoms. The monoisotopic (exact) mass is 511 g/mol. The number of hydrogen-bond acceptors (Lipinski definition) is 2. The fourth-order valence-corrected chi connectivity index (χ4v) is 5.39. The van der Waals surface area contributed by atoms with Crippen LogP contribution in [-0.2, 0) is 15.0 Å². The molecule has 0 fully saturated rings. The van der Waals surface area contributed by atoms with Crippen LogP contribution < -0.4 is 5.32 Å². The number of rotatable bonds is 9. The molecular formula is C35H29NO3. The first-order chi connectivity index (χ1) is 19.1. The predicted molar refractivity (Wildman–Crippen MR) is 154 cm³/mol. The van der Waals surface area contributed by atoms with E-state index in [0.29, 0.717) is 0 Å². The van der Waals surface area contributed by atoms with Crippen molar-refractivity contribution in [2.45, 2.75) is 17.4 Å². The Labute approximate surface area is 228 Å². The van der Waals surface area contributed by atoms with Gasteiger partial charge in [-0.2, -0.15) is 0 Å². The van der Waals surface area contributed by atoms with Crippen molar-refractivity contribution in [3.05, 3.63) is 179 Å². The first kappa shape index (κ1) is 25.7. The summed E-state index contributed by atoms with van der Waals surface area (Å²) in [5.41, 5.74) is 2.58. The van der Waals surface area contributed by atoms with E-state index in [2.05, 4.69) is 5.32 Å². The third-order valence-corrected chi connectivity index (χ3v) is 7.16. The highest BCUT2D eigenvalue weighted by molar-refractivity contribution is 5.98. The Hall–Kier alpha value is -4.96. The van der Waals surface area contributed by atoms with E-state index in [4.69, 9.17) is 0 Å². The third-order valence-electron chi connectivity index (χ3n) is 7.16. The molecule has 4 nitrogen and oxygen atoms in total. The van der Waals surface area contributed by atoms with Crippen molar-refractivity contribution in [2.75, 3.05) is 0 Å². The van der Waals surface area contributed by atoms with Gasteiger partial charge in [0.2, 0.25) is 5.91 Å². The maximum Gasteiger partial charge on any atom is 0.327 e. The largest absolute Gasteiger partial charge is 0.480 e. The summed E-state index contributed by atoms with van der Waals surface area (Å²) in [6.45, 7) is 0. The van der Waals surface area contributed by atoms with E-state index in [1.54, 1.807) is 0 Å². The second kappa shape index (κ2) is 11.6. The summed E-state index contributed by atoms with van der Waals surface area (Å²) < 4.78 is 0. The zero-order valence-corrected chi connectivity index (χ0v) is 21.4. The van der Waals surface area contributed by atoms with Crippen LogP contribution in [0, 0.1) is 0 Å². The normalized spacial score (nSPS) is 12.0. The zero-order valence-electron chi connectivity index (χ0n) is 21.4. The molecule has 0 aliphatic heterocycles. The van der Waals surface area contributed by atoms with Gasteiger partial charge >= 0.3 is 5.97 Å². The first-order valence-corrected chi connectivity index (χ1v) is 12.9. The molecule has 0 aromatic heterocycles. The van der Waals surface area contributed by atoms with Crippen LogP contribution >= 0.6 is 0 Å². The molecule has 0 aliphatic carbocycles. The average Bonchev–Trinajstić information content (AvgIpc) is 3.00. The molecule has 1 atom stereocenters. The molecule has 4 heteroatoms. The van der Waals surface area contributed by atoms with Gasteiger partial charge in [0.15, 0.2) is 0 Å². The first-order valence-electron chi connectivity index (χ1n) is 12.9. The van der Waals surface area contributed by atoms with E-state index in [1.165, 1.54) is 0 Å². The predicted octanol–water partition coefficient (Wildman–Crippen LogP) is 6.42. The molecule has 0 heterocycles. The second-order valence-corrected chi connectivity index (χ2v) is 9.44. The second-order valence-electron chi connectivity index (χ2n) is 9.44. The van der Waals surface area contributed by atoms with E-state index in [1.807, 2.05) is 152 Å². The minimum Gasteiger partial charge on any atom is -0.480 e. The number of benzene rings is 5. The standard InChI is InChI=1S/C35H29NO3/c37-33(38)32(31(26-16-6-1-7-17-26)27-18-8-2-9-19-27)36-34(39)35(28-20-10-3-11-21-28,29-22-12-4-13-23-29)30-24-14-5-15-25-30/h1-25,31-32H,(H,36,39)(H,37,38)/t32-/m1/s1. The number of hydrogen-bond donors (Lipinski definition) is 2. The number of aliphatic carboxylic acids is 1. The van der Waals surface area contributed by atoms with Crippen molar-refractivity contribution in [1.29, 1.82) is 0 Å². The zero-order chi connectivity index (χ0) is 27.1. The number of amides is 1. The highest BCUT2D eigenvalue weighted by Crippen LogP contribution is 2.40. The molecule has 5 aromatic rings. The third kappa shape index (κ3) is 5.10. The van der Waals surface area contributed by atoms with Gasteiger partial charge in [0.1, 0.15) is 11.5 Å². The number of nitrogens with one attached hydrogen (secondary N) is 1. The lowest BCUT2D eigenvalue weighted by Gasteiger charge is -2.36. The lowest BCUT2D eigenvalue weighted by molar-refractivity contribution is -0.142. The molecule has 5 rings (SSSR count). The minimum absolute atomic E-state index is 0.407. The molecule has 0 aliphatic rings. The average molecular weight is 512 g/mol. The topological polar surface area (TPSA) is 66.4 Å². The molecule has 0 unspecified atom stereocenters. The molecule has 5 aromatic carbocycles. The van der Waals surface area contributed by atoms with Crippen LogP contribution in [0.3, 0.4) is 0 Å². The smallest absolute Gasteiger partial charge is 0.327 e. The van der Waals surface area contributed by atoms with Crippen LogP contribution in [0.1, 0.15) is 33.7 Å². The van der Waals surface area contributed by atoms with E-state index in [-0.39, 0.29) is 0 Å². The Bertz CT molecular complexity index is 1370. The van der Waals surface area contributed by atoms with Crippen molar-refractivity contribution in [2.24, 2.45) is 0 Å². The Balaban J connectivity index is 1.70. The molecule has 0 spiro atoms. The summed E-state index contributed by atoms with van der Waals surface area (Å²) in [6, 6.07) is 46.3. The lowest BCUT2D eigenvalue weighted by Crippen LogP contribution is -2.53. The number of carboxylic acids is 1. The van der Waals surface area contributed by atoms with Crippen LogP contribution in [0.25, 0.3) is 0 Å². The van der Waals surface area contributed by atoms with Crippen molar-refractivity contribution >= 4 is 11.9 Å². The van der Waals surface area contributed by atoms with E-state index < -0.39 is 29.3 Å². The summed E-state index contributed by atoms with van der Waals surface area (Å²) >= 11 is 0. The van der Waals surface area contributed by atoms with Gasteiger partial charge in [0, 0.05) is 5.92 Å². The lowest BCUT2D eigenvalue weighted by atomic mass is 9.68. The number of carbonyl (C=O) groups excluding carboxylic acids is 1. The number of carbonyl (C=O) groups is 2. The van der Waals surface area contributed by atoms with Crippen LogP contribution in [0.5, 0.6) is 0 Å². The Morgan fingerprint density at radius 3 is 1.13 bits per heavy atom. The van der Waals surface area contributed by atoms with Gasteiger partial charge in [-0.15, -0.1) is 0 Å². The maximum absolute atomic E-state index is 14.8. The van der Waals surface area contributed by atoms with Crippen LogP contribution in [-0.4, -0.2) is 23.0 Å². The summed E-state index contributed by atoms with van der Waals surface area (Å²) in [4.78, 5) is 27.7. The minimum atomic E-state index is -1.28. The summed E-state index contributed by atoms with van der Waals surface area (Å²) in [6.07, 6.45) is 0. The highest BCUT2D eigenvalue weighted by atomic mass is 16.4. The molecule has 192 valence electrons. The molecular weight excluding hydrogens is 482 g/mol. The highest BCUT2D eigenvalue weighted by Gasteiger charge is 2.46. The van der Waals surface area contributed by atoms with Crippen LogP contribution in [0.15, 0.2) is 152 Å².